The molecule has 4 aromatic rings. The van der Waals surface area contributed by atoms with E-state index in [1.54, 1.807) is 17.7 Å². The molecule has 9 nitrogen and oxygen atoms in total. The topological polar surface area (TPSA) is 94.9 Å². The van der Waals surface area contributed by atoms with Gasteiger partial charge in [-0.3, -0.25) is 9.36 Å². The maximum atomic E-state index is 14.3. The number of aromatic nitrogens is 6. The number of benzene rings is 1. The predicted molar refractivity (Wildman–Crippen MR) is 102 cm³/mol. The van der Waals surface area contributed by atoms with Crippen LogP contribution in [-0.4, -0.2) is 41.8 Å². The Hall–Kier alpha value is -3.63. The second-order valence-electron chi connectivity index (χ2n) is 8.45. The zero-order valence-electron chi connectivity index (χ0n) is 16.2. The lowest BCUT2D eigenvalue weighted by Crippen LogP contribution is -2.24. The molecule has 2 aliphatic carbocycles. The minimum atomic E-state index is -0.850. The summed E-state index contributed by atoms with van der Waals surface area (Å²) in [7, 11) is 1.73. The van der Waals surface area contributed by atoms with Gasteiger partial charge in [0.2, 0.25) is 5.89 Å². The standard InChI is InChI=1S/C20H15F2N7O2/c1-27-7-23-17-15(27)18(30)28(8-24-17)6-12-25-19(26-31-12)20-9-5-29(16(20)13(9)20)11-4-2-3-10(21)14(11)22/h2-4,7-9,13,16H,5-6H2,1H3/t9-,13-,16?,20+/m1/s1. The van der Waals surface area contributed by atoms with E-state index in [2.05, 4.69) is 20.1 Å². The van der Waals surface area contributed by atoms with Gasteiger partial charge in [-0.1, -0.05) is 11.2 Å². The molecule has 31 heavy (non-hydrogen) atoms. The van der Waals surface area contributed by atoms with E-state index in [1.165, 1.54) is 23.3 Å². The fraction of sp³-hybridized carbons (Fsp3) is 0.350. The molecule has 2 saturated heterocycles. The van der Waals surface area contributed by atoms with Gasteiger partial charge >= 0.3 is 0 Å². The van der Waals surface area contributed by atoms with Crippen LogP contribution in [0.2, 0.25) is 0 Å². The first kappa shape index (κ1) is 17.1. The van der Waals surface area contributed by atoms with Crippen LogP contribution in [0.1, 0.15) is 11.7 Å². The first-order chi connectivity index (χ1) is 15.0. The van der Waals surface area contributed by atoms with Crippen LogP contribution in [0.3, 0.4) is 0 Å². The first-order valence-electron chi connectivity index (χ1n) is 9.92. The van der Waals surface area contributed by atoms with Crippen LogP contribution < -0.4 is 10.5 Å². The normalized spacial score (nSPS) is 27.7. The highest BCUT2D eigenvalue weighted by Gasteiger charge is 2.95. The van der Waals surface area contributed by atoms with Gasteiger partial charge in [0.1, 0.15) is 12.9 Å². The molecule has 11 heteroatoms. The maximum absolute atomic E-state index is 14.3. The Morgan fingerprint density at radius 2 is 2.10 bits per heavy atom. The molecule has 5 heterocycles. The zero-order chi connectivity index (χ0) is 21.1. The fourth-order valence-corrected chi connectivity index (χ4v) is 5.52. The molecular formula is C20H15F2N7O2. The minimum Gasteiger partial charge on any atom is -0.364 e. The molecule has 2 saturated carbocycles. The molecule has 1 unspecified atom stereocenters. The van der Waals surface area contributed by atoms with Gasteiger partial charge in [-0.2, -0.15) is 4.98 Å². The first-order valence-corrected chi connectivity index (χ1v) is 9.92. The molecule has 2 bridgehead atoms. The Morgan fingerprint density at radius 3 is 2.94 bits per heavy atom. The smallest absolute Gasteiger partial charge is 0.280 e. The number of halogens is 2. The van der Waals surface area contributed by atoms with E-state index in [0.717, 1.165) is 6.07 Å². The molecular weight excluding hydrogens is 408 g/mol. The summed E-state index contributed by atoms with van der Waals surface area (Å²) < 4.78 is 36.4. The highest BCUT2D eigenvalue weighted by Crippen LogP contribution is 2.85. The molecule has 0 N–H and O–H groups in total. The monoisotopic (exact) mass is 423 g/mol. The number of fused-ring (bicyclic) bond motifs is 2. The van der Waals surface area contributed by atoms with Crippen molar-refractivity contribution in [1.29, 1.82) is 0 Å². The van der Waals surface area contributed by atoms with Crippen molar-refractivity contribution < 1.29 is 13.3 Å². The molecule has 4 aliphatic rings. The van der Waals surface area contributed by atoms with E-state index in [0.29, 0.717) is 41.3 Å². The summed E-state index contributed by atoms with van der Waals surface area (Å²) in [6.45, 7) is 0.735. The largest absolute Gasteiger partial charge is 0.364 e. The zero-order valence-corrected chi connectivity index (χ0v) is 16.2. The number of nitrogens with zero attached hydrogens (tertiary/aromatic N) is 7. The van der Waals surface area contributed by atoms with E-state index in [9.17, 15) is 13.6 Å². The number of anilines is 1. The highest BCUT2D eigenvalue weighted by molar-refractivity contribution is 5.69. The summed E-state index contributed by atoms with van der Waals surface area (Å²) >= 11 is 0. The summed E-state index contributed by atoms with van der Waals surface area (Å²) in [5.74, 6) is -0.163. The van der Waals surface area contributed by atoms with Gasteiger partial charge < -0.3 is 14.0 Å². The third-order valence-electron chi connectivity index (χ3n) is 7.04. The predicted octanol–water partition coefficient (Wildman–Crippen LogP) is 1.23. The summed E-state index contributed by atoms with van der Waals surface area (Å²) in [4.78, 5) is 27.4. The maximum Gasteiger partial charge on any atom is 0.280 e. The molecule has 0 spiro atoms. The summed E-state index contributed by atoms with van der Waals surface area (Å²) in [5.41, 5.74) is 0.564. The van der Waals surface area contributed by atoms with Crippen LogP contribution in [0.5, 0.6) is 0 Å². The van der Waals surface area contributed by atoms with Crippen molar-refractivity contribution in [2.75, 3.05) is 11.4 Å². The second kappa shape index (κ2) is 5.34. The van der Waals surface area contributed by atoms with Gasteiger partial charge in [0.25, 0.3) is 5.56 Å². The van der Waals surface area contributed by atoms with E-state index in [-0.39, 0.29) is 29.2 Å². The van der Waals surface area contributed by atoms with Crippen molar-refractivity contribution in [3.63, 3.8) is 0 Å². The number of hydrogen-bond donors (Lipinski definition) is 0. The van der Waals surface area contributed by atoms with Crippen LogP contribution in [0.25, 0.3) is 11.2 Å². The summed E-state index contributed by atoms with van der Waals surface area (Å²) in [6, 6.07) is 4.28. The lowest BCUT2D eigenvalue weighted by atomic mass is 10.1. The van der Waals surface area contributed by atoms with Gasteiger partial charge in [0.05, 0.1) is 17.4 Å². The van der Waals surface area contributed by atoms with Gasteiger partial charge in [0, 0.05) is 25.6 Å². The van der Waals surface area contributed by atoms with Crippen molar-refractivity contribution in [1.82, 2.24) is 29.2 Å². The van der Waals surface area contributed by atoms with Crippen molar-refractivity contribution in [3.8, 4) is 0 Å². The number of imidazole rings is 1. The molecule has 0 radical (unpaired) electrons. The lowest BCUT2D eigenvalue weighted by Gasteiger charge is -2.19. The van der Waals surface area contributed by atoms with Crippen molar-refractivity contribution in [2.24, 2.45) is 18.9 Å². The molecule has 4 fully saturated rings. The Bertz CT molecular complexity index is 1450. The number of piperidine rings is 1. The van der Waals surface area contributed by atoms with Crippen molar-refractivity contribution in [3.05, 3.63) is 64.6 Å². The van der Waals surface area contributed by atoms with Crippen LogP contribution in [-0.2, 0) is 19.0 Å². The Morgan fingerprint density at radius 1 is 1.26 bits per heavy atom. The third kappa shape index (κ3) is 1.96. The number of hydrogen-bond acceptors (Lipinski definition) is 7. The quantitative estimate of drug-likeness (QED) is 0.487. The molecule has 3 aromatic heterocycles. The SMILES string of the molecule is Cn1cnc2ncn(Cc3nc([C@]45C6[C@H]4[C@H]5CN6c4cccc(F)c4F)no3)c(=O)c21. The van der Waals surface area contributed by atoms with Crippen molar-refractivity contribution in [2.45, 2.75) is 18.0 Å². The summed E-state index contributed by atoms with van der Waals surface area (Å²) in [5, 5.41) is 4.16. The lowest BCUT2D eigenvalue weighted by molar-refractivity contribution is 0.362. The molecule has 8 rings (SSSR count). The van der Waals surface area contributed by atoms with Gasteiger partial charge in [-0.05, 0) is 18.1 Å². The van der Waals surface area contributed by atoms with Crippen LogP contribution in [0, 0.1) is 23.5 Å². The Balaban J connectivity index is 1.17. The second-order valence-corrected chi connectivity index (χ2v) is 8.45. The fourth-order valence-electron chi connectivity index (χ4n) is 5.52. The average molecular weight is 423 g/mol. The molecule has 0 amide bonds. The minimum absolute atomic E-state index is 0.0504. The van der Waals surface area contributed by atoms with Crippen molar-refractivity contribution >= 4 is 16.9 Å². The van der Waals surface area contributed by atoms with E-state index in [4.69, 9.17) is 4.52 Å². The molecule has 4 atom stereocenters. The van der Waals surface area contributed by atoms with Gasteiger partial charge in [-0.15, -0.1) is 0 Å². The molecule has 156 valence electrons. The van der Waals surface area contributed by atoms with E-state index < -0.39 is 11.6 Å². The number of rotatable bonds is 4. The highest BCUT2D eigenvalue weighted by atomic mass is 19.2. The van der Waals surface area contributed by atoms with Gasteiger partial charge in [0.15, 0.2) is 28.6 Å². The van der Waals surface area contributed by atoms with Crippen LogP contribution in [0.4, 0.5) is 14.5 Å². The Kier molecular flexibility index (Phi) is 2.94. The third-order valence-corrected chi connectivity index (χ3v) is 7.04. The van der Waals surface area contributed by atoms with E-state index >= 15 is 0 Å². The van der Waals surface area contributed by atoms with Gasteiger partial charge in [-0.25, -0.2) is 18.7 Å². The van der Waals surface area contributed by atoms with Crippen LogP contribution in [0.15, 0.2) is 40.2 Å². The van der Waals surface area contributed by atoms with E-state index in [1.807, 2.05) is 4.90 Å². The summed E-state index contributed by atoms with van der Waals surface area (Å²) in [6.07, 6.45) is 2.95. The number of aryl methyl sites for hydroxylation is 1. The Labute approximate surface area is 172 Å². The molecule has 1 aromatic carbocycles. The average Bonchev–Trinajstić information content (AvgIpc) is 3.22. The molecule has 2 aliphatic heterocycles. The van der Waals surface area contributed by atoms with Crippen LogP contribution >= 0.6 is 0 Å².